The number of aliphatic imine (C=N–C) groups is 1. The molecule has 3 rings (SSSR count). The van der Waals surface area contributed by atoms with Crippen molar-refractivity contribution in [1.82, 2.24) is 14.9 Å². The molecule has 2 heterocycles. The summed E-state index contributed by atoms with van der Waals surface area (Å²) in [6.07, 6.45) is 4.51. The first-order valence-corrected chi connectivity index (χ1v) is 8.01. The van der Waals surface area contributed by atoms with E-state index in [1.807, 2.05) is 4.90 Å². The number of halogens is 2. The highest BCUT2D eigenvalue weighted by atomic mass is 19.3. The fraction of sp³-hybridized carbons (Fsp3) is 0.667. The number of rotatable bonds is 3. The molecular formula is C15H22F2N6. The van der Waals surface area contributed by atoms with Gasteiger partial charge in [0.25, 0.3) is 5.92 Å². The van der Waals surface area contributed by atoms with Crippen LogP contribution in [0.2, 0.25) is 0 Å². The van der Waals surface area contributed by atoms with Crippen LogP contribution in [0.5, 0.6) is 0 Å². The van der Waals surface area contributed by atoms with Crippen molar-refractivity contribution in [2.24, 2.45) is 16.6 Å². The van der Waals surface area contributed by atoms with E-state index in [0.717, 1.165) is 13.1 Å². The molecule has 23 heavy (non-hydrogen) atoms. The Morgan fingerprint density at radius 2 is 1.96 bits per heavy atom. The zero-order valence-corrected chi connectivity index (χ0v) is 13.0. The van der Waals surface area contributed by atoms with Crippen LogP contribution in [0.25, 0.3) is 0 Å². The van der Waals surface area contributed by atoms with E-state index in [1.165, 1.54) is 0 Å². The Labute approximate surface area is 134 Å². The fourth-order valence-electron chi connectivity index (χ4n) is 3.12. The second-order valence-corrected chi connectivity index (χ2v) is 6.07. The van der Waals surface area contributed by atoms with Crippen molar-refractivity contribution < 1.29 is 8.78 Å². The van der Waals surface area contributed by atoms with Gasteiger partial charge in [0.15, 0.2) is 5.96 Å². The minimum atomic E-state index is -2.59. The van der Waals surface area contributed by atoms with E-state index >= 15 is 0 Å². The van der Waals surface area contributed by atoms with Crippen molar-refractivity contribution in [2.45, 2.75) is 25.2 Å². The van der Waals surface area contributed by atoms with Crippen LogP contribution in [0.1, 0.15) is 19.3 Å². The first-order chi connectivity index (χ1) is 11.1. The Hall–Kier alpha value is -1.99. The second kappa shape index (κ2) is 6.64. The lowest BCUT2D eigenvalue weighted by molar-refractivity contribution is -0.0330. The Kier molecular flexibility index (Phi) is 4.58. The Bertz CT molecular complexity index is 542. The van der Waals surface area contributed by atoms with Crippen molar-refractivity contribution in [3.8, 4) is 0 Å². The molecule has 2 aliphatic rings. The predicted molar refractivity (Wildman–Crippen MR) is 84.6 cm³/mol. The van der Waals surface area contributed by atoms with Crippen LogP contribution in [0.4, 0.5) is 14.7 Å². The van der Waals surface area contributed by atoms with Gasteiger partial charge in [0, 0.05) is 50.9 Å². The minimum absolute atomic E-state index is 0.0250. The summed E-state index contributed by atoms with van der Waals surface area (Å²) in [7, 11) is 0. The third-order valence-corrected chi connectivity index (χ3v) is 4.57. The second-order valence-electron chi connectivity index (χ2n) is 6.07. The van der Waals surface area contributed by atoms with Crippen molar-refractivity contribution in [2.75, 3.05) is 37.6 Å². The monoisotopic (exact) mass is 324 g/mol. The van der Waals surface area contributed by atoms with E-state index in [2.05, 4.69) is 19.9 Å². The number of piperazine rings is 1. The van der Waals surface area contributed by atoms with Gasteiger partial charge in [0.2, 0.25) is 5.95 Å². The molecule has 0 radical (unpaired) electrons. The molecule has 0 bridgehead atoms. The molecule has 1 saturated carbocycles. The summed E-state index contributed by atoms with van der Waals surface area (Å²) >= 11 is 0. The van der Waals surface area contributed by atoms with E-state index in [4.69, 9.17) is 5.73 Å². The normalized spacial score (nSPS) is 25.0. The average Bonchev–Trinajstić information content (AvgIpc) is 2.92. The van der Waals surface area contributed by atoms with Gasteiger partial charge in [-0.25, -0.2) is 18.7 Å². The third kappa shape index (κ3) is 3.68. The summed E-state index contributed by atoms with van der Waals surface area (Å²) in [6.45, 7) is 2.96. The van der Waals surface area contributed by atoms with Crippen molar-refractivity contribution in [3.05, 3.63) is 18.5 Å². The first kappa shape index (κ1) is 15.9. The van der Waals surface area contributed by atoms with Gasteiger partial charge >= 0.3 is 0 Å². The zero-order chi connectivity index (χ0) is 16.3. The first-order valence-electron chi connectivity index (χ1n) is 8.01. The maximum atomic E-state index is 13.6. The fourth-order valence-corrected chi connectivity index (χ4v) is 3.12. The van der Waals surface area contributed by atoms with E-state index in [1.54, 1.807) is 18.5 Å². The summed E-state index contributed by atoms with van der Waals surface area (Å²) < 4.78 is 27.2. The van der Waals surface area contributed by atoms with Crippen molar-refractivity contribution in [1.29, 1.82) is 0 Å². The number of nitrogens with two attached hydrogens (primary N) is 1. The van der Waals surface area contributed by atoms with E-state index < -0.39 is 11.8 Å². The largest absolute Gasteiger partial charge is 0.370 e. The van der Waals surface area contributed by atoms with Gasteiger partial charge in [0.1, 0.15) is 0 Å². The number of nitrogens with zero attached hydrogens (tertiary/aromatic N) is 5. The maximum absolute atomic E-state index is 13.6. The van der Waals surface area contributed by atoms with Crippen molar-refractivity contribution >= 4 is 11.9 Å². The van der Waals surface area contributed by atoms with Crippen LogP contribution in [-0.4, -0.2) is 59.5 Å². The van der Waals surface area contributed by atoms with Crippen LogP contribution in [0.15, 0.2) is 23.5 Å². The van der Waals surface area contributed by atoms with Crippen LogP contribution < -0.4 is 10.6 Å². The molecule has 1 atom stereocenters. The molecule has 1 aliphatic heterocycles. The molecule has 2 N–H and O–H groups in total. The van der Waals surface area contributed by atoms with Gasteiger partial charge in [-0.15, -0.1) is 0 Å². The van der Waals surface area contributed by atoms with Gasteiger partial charge in [-0.2, -0.15) is 0 Å². The smallest absolute Gasteiger partial charge is 0.252 e. The summed E-state index contributed by atoms with van der Waals surface area (Å²) in [6, 6.07) is 1.78. The highest BCUT2D eigenvalue weighted by Crippen LogP contribution is 2.40. The Morgan fingerprint density at radius 3 is 2.57 bits per heavy atom. The van der Waals surface area contributed by atoms with Gasteiger partial charge in [-0.1, -0.05) is 0 Å². The standard InChI is InChI=1S/C15H22F2N6/c16-15(17)4-1-3-12(15)11-21-13(18)22-7-9-23(10-8-22)14-19-5-2-6-20-14/h2,5-6,12H,1,3-4,7-11H2,(H2,18,21). The zero-order valence-electron chi connectivity index (χ0n) is 13.0. The van der Waals surface area contributed by atoms with Crippen LogP contribution in [-0.2, 0) is 0 Å². The van der Waals surface area contributed by atoms with E-state index in [0.29, 0.717) is 37.8 Å². The minimum Gasteiger partial charge on any atom is -0.370 e. The average molecular weight is 324 g/mol. The molecule has 1 saturated heterocycles. The molecule has 1 unspecified atom stereocenters. The topological polar surface area (TPSA) is 70.6 Å². The number of hydrogen-bond donors (Lipinski definition) is 1. The summed E-state index contributed by atoms with van der Waals surface area (Å²) in [5.74, 6) is -2.19. The molecule has 0 spiro atoms. The number of anilines is 1. The predicted octanol–water partition coefficient (Wildman–Crippen LogP) is 1.35. The third-order valence-electron chi connectivity index (χ3n) is 4.57. The lowest BCUT2D eigenvalue weighted by Gasteiger charge is -2.35. The molecule has 0 aromatic carbocycles. The highest BCUT2D eigenvalue weighted by molar-refractivity contribution is 5.78. The number of hydrogen-bond acceptors (Lipinski definition) is 4. The molecule has 0 amide bonds. The van der Waals surface area contributed by atoms with E-state index in [-0.39, 0.29) is 13.0 Å². The van der Waals surface area contributed by atoms with Crippen LogP contribution in [0, 0.1) is 5.92 Å². The van der Waals surface area contributed by atoms with Gasteiger partial charge in [-0.05, 0) is 18.9 Å². The molecule has 6 nitrogen and oxygen atoms in total. The van der Waals surface area contributed by atoms with Crippen LogP contribution >= 0.6 is 0 Å². The van der Waals surface area contributed by atoms with E-state index in [9.17, 15) is 8.78 Å². The number of guanidine groups is 1. The Morgan fingerprint density at radius 1 is 1.26 bits per heavy atom. The van der Waals surface area contributed by atoms with Crippen molar-refractivity contribution in [3.63, 3.8) is 0 Å². The lowest BCUT2D eigenvalue weighted by atomic mass is 10.1. The molecule has 8 heteroatoms. The Balaban J connectivity index is 1.52. The molecule has 126 valence electrons. The summed E-state index contributed by atoms with van der Waals surface area (Å²) in [4.78, 5) is 16.7. The van der Waals surface area contributed by atoms with Crippen LogP contribution in [0.3, 0.4) is 0 Å². The quantitative estimate of drug-likeness (QED) is 0.671. The molecule has 2 fully saturated rings. The maximum Gasteiger partial charge on any atom is 0.252 e. The van der Waals surface area contributed by atoms with Gasteiger partial charge in [-0.3, -0.25) is 4.99 Å². The number of aromatic nitrogens is 2. The summed E-state index contributed by atoms with van der Waals surface area (Å²) in [5, 5.41) is 0. The SMILES string of the molecule is NC(=NCC1CCCC1(F)F)N1CCN(c2ncccn2)CC1. The van der Waals surface area contributed by atoms with Gasteiger partial charge < -0.3 is 15.5 Å². The summed E-state index contributed by atoms with van der Waals surface area (Å²) in [5.41, 5.74) is 5.98. The number of alkyl halides is 2. The molecule has 1 aliphatic carbocycles. The highest BCUT2D eigenvalue weighted by Gasteiger charge is 2.43. The molecule has 1 aromatic heterocycles. The lowest BCUT2D eigenvalue weighted by Crippen LogP contribution is -2.51. The molecule has 1 aromatic rings. The van der Waals surface area contributed by atoms with Gasteiger partial charge in [0.05, 0.1) is 6.54 Å². The molecular weight excluding hydrogens is 302 g/mol.